The van der Waals surface area contributed by atoms with Gasteiger partial charge in [0, 0.05) is 36.4 Å². The summed E-state index contributed by atoms with van der Waals surface area (Å²) in [6.45, 7) is 4.22. The minimum absolute atomic E-state index is 0.00379. The molecule has 6 heteroatoms. The molecule has 0 spiro atoms. The van der Waals surface area contributed by atoms with Gasteiger partial charge in [-0.2, -0.15) is 5.10 Å². The topological polar surface area (TPSA) is 50.5 Å². The zero-order valence-electron chi connectivity index (χ0n) is 13.0. The molecule has 2 aromatic heterocycles. The van der Waals surface area contributed by atoms with E-state index in [4.69, 9.17) is 11.6 Å². The van der Waals surface area contributed by atoms with Gasteiger partial charge in [0.15, 0.2) is 11.3 Å². The summed E-state index contributed by atoms with van der Waals surface area (Å²) in [7, 11) is 0. The molecular weight excluding hydrogens is 300 g/mol. The summed E-state index contributed by atoms with van der Waals surface area (Å²) >= 11 is 5.76. The lowest BCUT2D eigenvalue weighted by Crippen LogP contribution is -2.47. The van der Waals surface area contributed by atoms with E-state index >= 15 is 0 Å². The van der Waals surface area contributed by atoms with E-state index in [0.717, 1.165) is 24.8 Å². The number of hydrogen-bond donors (Lipinski definition) is 0. The highest BCUT2D eigenvalue weighted by Gasteiger charge is 2.31. The Morgan fingerprint density at radius 2 is 2.09 bits per heavy atom. The van der Waals surface area contributed by atoms with Gasteiger partial charge in [-0.15, -0.1) is 11.6 Å². The van der Waals surface area contributed by atoms with Crippen LogP contribution in [0, 0.1) is 0 Å². The van der Waals surface area contributed by atoms with Gasteiger partial charge in [-0.1, -0.05) is 0 Å². The van der Waals surface area contributed by atoms with Crippen molar-refractivity contribution in [2.75, 3.05) is 5.88 Å². The fourth-order valence-electron chi connectivity index (χ4n) is 3.21. The summed E-state index contributed by atoms with van der Waals surface area (Å²) in [6.07, 6.45) is 7.72. The maximum Gasteiger partial charge on any atom is 0.274 e. The lowest BCUT2D eigenvalue weighted by molar-refractivity contribution is 0.0504. The van der Waals surface area contributed by atoms with Crippen LogP contribution < -0.4 is 0 Å². The van der Waals surface area contributed by atoms with Crippen LogP contribution in [0.2, 0.25) is 0 Å². The van der Waals surface area contributed by atoms with Crippen LogP contribution in [0.15, 0.2) is 18.5 Å². The molecule has 0 radical (unpaired) electrons. The highest BCUT2D eigenvalue weighted by molar-refractivity contribution is 6.17. The highest BCUT2D eigenvalue weighted by atomic mass is 35.5. The van der Waals surface area contributed by atoms with Crippen LogP contribution in [0.5, 0.6) is 0 Å². The van der Waals surface area contributed by atoms with Crippen molar-refractivity contribution >= 4 is 23.2 Å². The molecule has 1 aliphatic rings. The van der Waals surface area contributed by atoms with Crippen LogP contribution in [0.25, 0.3) is 5.65 Å². The molecule has 1 aliphatic heterocycles. The van der Waals surface area contributed by atoms with E-state index in [9.17, 15) is 4.79 Å². The van der Waals surface area contributed by atoms with E-state index in [-0.39, 0.29) is 18.0 Å². The summed E-state index contributed by atoms with van der Waals surface area (Å²) in [5.41, 5.74) is 2.18. The van der Waals surface area contributed by atoms with Crippen molar-refractivity contribution in [1.29, 1.82) is 0 Å². The number of carbonyl (C=O) groups excluding carboxylic acids is 1. The molecular formula is C16H21ClN4O. The van der Waals surface area contributed by atoms with Crippen LogP contribution in [0.3, 0.4) is 0 Å². The molecule has 22 heavy (non-hydrogen) atoms. The Balaban J connectivity index is 1.90. The third kappa shape index (κ3) is 2.82. The molecule has 0 bridgehead atoms. The first kappa shape index (κ1) is 15.3. The number of hydrogen-bond acceptors (Lipinski definition) is 3. The normalized spacial score (nSPS) is 22.2. The summed E-state index contributed by atoms with van der Waals surface area (Å²) in [4.78, 5) is 19.1. The second-order valence-electron chi connectivity index (χ2n) is 6.07. The number of likely N-dealkylation sites (tertiary alicyclic amines) is 1. The first-order valence-corrected chi connectivity index (χ1v) is 8.36. The average molecular weight is 321 g/mol. The second-order valence-corrected chi connectivity index (χ2v) is 6.45. The van der Waals surface area contributed by atoms with Crippen LogP contribution >= 0.6 is 11.6 Å². The Kier molecular flexibility index (Phi) is 4.34. The lowest BCUT2D eigenvalue weighted by atomic mass is 9.97. The van der Waals surface area contributed by atoms with Crippen molar-refractivity contribution in [2.24, 2.45) is 0 Å². The summed E-state index contributed by atoms with van der Waals surface area (Å²) in [6, 6.07) is 2.29. The number of fused-ring (bicyclic) bond motifs is 1. The molecule has 0 N–H and O–H groups in total. The Hall–Kier alpha value is -1.62. The highest BCUT2D eigenvalue weighted by Crippen LogP contribution is 2.24. The van der Waals surface area contributed by atoms with Gasteiger partial charge in [-0.25, -0.2) is 9.50 Å². The quantitative estimate of drug-likeness (QED) is 0.817. The second kappa shape index (κ2) is 6.24. The third-order valence-electron chi connectivity index (χ3n) is 4.40. The predicted octanol–water partition coefficient (Wildman–Crippen LogP) is 2.91. The van der Waals surface area contributed by atoms with Crippen LogP contribution in [-0.4, -0.2) is 43.4 Å². The number of aryl methyl sites for hydroxylation is 1. The van der Waals surface area contributed by atoms with Crippen molar-refractivity contribution in [3.63, 3.8) is 0 Å². The molecule has 0 unspecified atom stereocenters. The fourth-order valence-corrected chi connectivity index (χ4v) is 3.43. The van der Waals surface area contributed by atoms with Gasteiger partial charge in [0.1, 0.15) is 0 Å². The zero-order chi connectivity index (χ0) is 15.7. The number of halogens is 1. The monoisotopic (exact) mass is 320 g/mol. The van der Waals surface area contributed by atoms with Crippen LogP contribution in [0.1, 0.15) is 49.2 Å². The van der Waals surface area contributed by atoms with Gasteiger partial charge in [0.25, 0.3) is 5.91 Å². The molecule has 2 aromatic rings. The smallest absolute Gasteiger partial charge is 0.274 e. The number of rotatable bonds is 3. The van der Waals surface area contributed by atoms with Crippen molar-refractivity contribution in [3.8, 4) is 0 Å². The SMILES string of the molecule is C[C@H]1CCC[C@H](C)N1C(=O)c1cc2ncc(CCCl)cn2n1. The molecule has 2 atom stereocenters. The first-order valence-electron chi connectivity index (χ1n) is 7.83. The fraction of sp³-hybridized carbons (Fsp3) is 0.562. The minimum Gasteiger partial charge on any atom is -0.332 e. The van der Waals surface area contributed by atoms with Crippen molar-refractivity contribution in [3.05, 3.63) is 29.7 Å². The summed E-state index contributed by atoms with van der Waals surface area (Å²) in [5.74, 6) is 0.548. The van der Waals surface area contributed by atoms with E-state index in [1.807, 2.05) is 11.1 Å². The molecule has 5 nitrogen and oxygen atoms in total. The van der Waals surface area contributed by atoms with Crippen molar-refractivity contribution in [2.45, 2.75) is 51.6 Å². The van der Waals surface area contributed by atoms with E-state index in [2.05, 4.69) is 23.9 Å². The average Bonchev–Trinajstić information content (AvgIpc) is 2.90. The maximum absolute atomic E-state index is 12.8. The molecule has 0 aromatic carbocycles. The minimum atomic E-state index is 0.00379. The number of alkyl halides is 1. The van der Waals surface area contributed by atoms with Gasteiger partial charge in [-0.3, -0.25) is 4.79 Å². The zero-order valence-corrected chi connectivity index (χ0v) is 13.8. The number of amides is 1. The van der Waals surface area contributed by atoms with Gasteiger partial charge >= 0.3 is 0 Å². The van der Waals surface area contributed by atoms with Gasteiger partial charge in [-0.05, 0) is 45.1 Å². The summed E-state index contributed by atoms with van der Waals surface area (Å²) < 4.78 is 1.67. The lowest BCUT2D eigenvalue weighted by Gasteiger charge is -2.38. The molecule has 1 fully saturated rings. The van der Waals surface area contributed by atoms with Crippen LogP contribution in [0.4, 0.5) is 0 Å². The van der Waals surface area contributed by atoms with Crippen molar-refractivity contribution < 1.29 is 4.79 Å². The number of carbonyl (C=O) groups is 1. The van der Waals surface area contributed by atoms with Gasteiger partial charge < -0.3 is 4.90 Å². The van der Waals surface area contributed by atoms with E-state index in [1.165, 1.54) is 6.42 Å². The molecule has 1 amide bonds. The summed E-state index contributed by atoms with van der Waals surface area (Å²) in [5, 5.41) is 4.42. The molecule has 118 valence electrons. The molecule has 0 saturated carbocycles. The Morgan fingerprint density at radius 3 is 2.77 bits per heavy atom. The maximum atomic E-state index is 12.8. The van der Waals surface area contributed by atoms with Gasteiger partial charge in [0.05, 0.1) is 0 Å². The third-order valence-corrected chi connectivity index (χ3v) is 4.59. The van der Waals surface area contributed by atoms with Gasteiger partial charge in [0.2, 0.25) is 0 Å². The first-order chi connectivity index (χ1) is 10.6. The molecule has 0 aliphatic carbocycles. The molecule has 3 heterocycles. The van der Waals surface area contributed by atoms with E-state index < -0.39 is 0 Å². The molecule has 3 rings (SSSR count). The Morgan fingerprint density at radius 1 is 1.36 bits per heavy atom. The van der Waals surface area contributed by atoms with E-state index in [1.54, 1.807) is 16.8 Å². The Labute approximate surface area is 135 Å². The van der Waals surface area contributed by atoms with E-state index in [0.29, 0.717) is 17.2 Å². The predicted molar refractivity (Wildman–Crippen MR) is 86.4 cm³/mol. The van der Waals surface area contributed by atoms with Crippen LogP contribution in [-0.2, 0) is 6.42 Å². The largest absolute Gasteiger partial charge is 0.332 e. The standard InChI is InChI=1S/C16H21ClN4O/c1-11-4-3-5-12(2)21(11)16(22)14-8-15-18-9-13(6-7-17)10-20(15)19-14/h8-12H,3-7H2,1-2H3/t11-,12-/m0/s1. The number of nitrogens with zero attached hydrogens (tertiary/aromatic N) is 4. The number of piperidine rings is 1. The molecule has 1 saturated heterocycles. The number of aromatic nitrogens is 3. The van der Waals surface area contributed by atoms with Crippen molar-refractivity contribution in [1.82, 2.24) is 19.5 Å². The Bertz CT molecular complexity index is 674.